The lowest BCUT2D eigenvalue weighted by Crippen LogP contribution is -2.51. The van der Waals surface area contributed by atoms with Crippen molar-refractivity contribution in [3.8, 4) is 0 Å². The van der Waals surface area contributed by atoms with Gasteiger partial charge < -0.3 is 23.7 Å². The van der Waals surface area contributed by atoms with Crippen LogP contribution in [0.5, 0.6) is 0 Å². The summed E-state index contributed by atoms with van der Waals surface area (Å²) in [5.74, 6) is -22.3. The molecule has 6 unspecified atom stereocenters. The van der Waals surface area contributed by atoms with Crippen LogP contribution >= 0.6 is 0 Å². The van der Waals surface area contributed by atoms with Crippen LogP contribution in [-0.4, -0.2) is 93.5 Å². The van der Waals surface area contributed by atoms with Gasteiger partial charge in [-0.3, -0.25) is 28.8 Å². The summed E-state index contributed by atoms with van der Waals surface area (Å²) in [6, 6.07) is 0. The minimum atomic E-state index is -6.24. The third-order valence-electron chi connectivity index (χ3n) is 10.3. The predicted octanol–water partition coefficient (Wildman–Crippen LogP) is 7.60. The van der Waals surface area contributed by atoms with E-state index < -0.39 is 129 Å². The SMILES string of the molecule is CC(=O)OC(C)(CC(C(=O)OCC(F)(F)C(F)F)C(C)C(=O)OC(C(F)(F)F)C(F)(F)F)CC(C)(C(=O)OCCCC(C)(C)[Si](C)(C)C)C1C(=O)OC(=O)C1C. The first-order valence-electron chi connectivity index (χ1n) is 17.2. The van der Waals surface area contributed by atoms with E-state index >= 15 is 0 Å². The van der Waals surface area contributed by atoms with E-state index in [-0.39, 0.29) is 11.6 Å². The van der Waals surface area contributed by atoms with Gasteiger partial charge in [0.2, 0.25) is 0 Å². The van der Waals surface area contributed by atoms with E-state index in [4.69, 9.17) is 14.2 Å². The van der Waals surface area contributed by atoms with E-state index in [1.54, 1.807) is 0 Å². The second-order valence-electron chi connectivity index (χ2n) is 16.2. The highest BCUT2D eigenvalue weighted by Crippen LogP contribution is 2.48. The molecule has 0 aromatic heterocycles. The minimum absolute atomic E-state index is 0.145. The van der Waals surface area contributed by atoms with E-state index in [0.717, 1.165) is 20.8 Å². The normalized spacial score (nSPS) is 20.5. The number of alkyl halides is 10. The van der Waals surface area contributed by atoms with Crippen LogP contribution in [0.4, 0.5) is 43.9 Å². The Morgan fingerprint density at radius 3 is 1.77 bits per heavy atom. The number of carbonyl (C=O) groups is 6. The molecule has 0 amide bonds. The average molecular weight is 851 g/mol. The Balaban J connectivity index is 3.80. The molecule has 0 saturated carbocycles. The van der Waals surface area contributed by atoms with E-state index in [0.29, 0.717) is 19.8 Å². The van der Waals surface area contributed by atoms with Crippen molar-refractivity contribution in [3.05, 3.63) is 0 Å². The second kappa shape index (κ2) is 18.0. The van der Waals surface area contributed by atoms with Crippen LogP contribution < -0.4 is 0 Å². The van der Waals surface area contributed by atoms with Crippen molar-refractivity contribution in [2.75, 3.05) is 13.2 Å². The molecule has 0 N–H and O–H groups in total. The molecule has 1 aliphatic heterocycles. The molecule has 1 rings (SSSR count). The maximum absolute atomic E-state index is 14.0. The van der Waals surface area contributed by atoms with Crippen LogP contribution in [-0.2, 0) is 52.5 Å². The van der Waals surface area contributed by atoms with Crippen LogP contribution in [0.15, 0.2) is 0 Å². The fourth-order valence-corrected chi connectivity index (χ4v) is 7.11. The van der Waals surface area contributed by atoms with Crippen molar-refractivity contribution < 1.29 is 96.4 Å². The highest BCUT2D eigenvalue weighted by atomic mass is 28.3. The van der Waals surface area contributed by atoms with Crippen LogP contribution in [0.1, 0.15) is 74.1 Å². The van der Waals surface area contributed by atoms with Crippen molar-refractivity contribution >= 4 is 43.9 Å². The lowest BCUT2D eigenvalue weighted by molar-refractivity contribution is -0.314. The Morgan fingerprint density at radius 1 is 0.839 bits per heavy atom. The first-order valence-corrected chi connectivity index (χ1v) is 20.7. The van der Waals surface area contributed by atoms with Crippen molar-refractivity contribution in [2.45, 2.75) is 135 Å². The van der Waals surface area contributed by atoms with Gasteiger partial charge in [0.1, 0.15) is 5.60 Å². The van der Waals surface area contributed by atoms with Crippen molar-refractivity contribution in [2.24, 2.45) is 29.1 Å². The number of ether oxygens (including phenoxy) is 5. The molecule has 0 aromatic rings. The third kappa shape index (κ3) is 13.0. The molecule has 0 aliphatic carbocycles. The van der Waals surface area contributed by atoms with Crippen molar-refractivity contribution in [1.29, 1.82) is 0 Å². The summed E-state index contributed by atoms with van der Waals surface area (Å²) in [5, 5.41) is -0.145. The highest BCUT2D eigenvalue weighted by molar-refractivity contribution is 6.79. The number of halogens is 10. The molecule has 1 aliphatic rings. The maximum atomic E-state index is 14.0. The molecular weight excluding hydrogens is 802 g/mol. The molecule has 0 bridgehead atoms. The molecule has 22 heteroatoms. The number of carbonyl (C=O) groups excluding carboxylic acids is 6. The molecule has 1 fully saturated rings. The largest absolute Gasteiger partial charge is 0.465 e. The Hall–Kier alpha value is -3.46. The summed E-state index contributed by atoms with van der Waals surface area (Å²) in [6.45, 7) is 12.3. The van der Waals surface area contributed by atoms with Gasteiger partial charge in [0, 0.05) is 27.8 Å². The van der Waals surface area contributed by atoms with E-state index in [2.05, 4.69) is 29.1 Å². The zero-order valence-electron chi connectivity index (χ0n) is 32.5. The molecule has 11 nitrogen and oxygen atoms in total. The Labute approximate surface area is 317 Å². The summed E-state index contributed by atoms with van der Waals surface area (Å²) in [5.41, 5.74) is -4.69. The number of rotatable bonds is 19. The summed E-state index contributed by atoms with van der Waals surface area (Å²) in [6.07, 6.45) is -23.0. The number of hydrogen-bond donors (Lipinski definition) is 0. The molecular formula is C34H48F10O11Si. The second-order valence-corrected chi connectivity index (χ2v) is 22.0. The first-order chi connectivity index (χ1) is 24.9. The smallest absolute Gasteiger partial charge is 0.434 e. The van der Waals surface area contributed by atoms with E-state index in [9.17, 15) is 72.7 Å². The highest BCUT2D eigenvalue weighted by Gasteiger charge is 2.62. The standard InChI is InChI=1S/C34H48F10O11Si/c1-17(22(46)54-26(33(39,40)41)34(42,43)44)20(24(48)52-16-32(37,38)27(35)36)14-30(6,55-19(3)45)15-31(7,21-18(2)23(47)53-25(21)49)28(50)51-13-11-12-29(4,5)56(8,9)10/h17-18,20-21,26-27H,11-16H2,1-10H3. The van der Waals surface area contributed by atoms with Crippen molar-refractivity contribution in [1.82, 2.24) is 0 Å². The number of hydrogen-bond acceptors (Lipinski definition) is 11. The van der Waals surface area contributed by atoms with Gasteiger partial charge in [0.05, 0.1) is 35.7 Å². The molecule has 56 heavy (non-hydrogen) atoms. The number of cyclic esters (lactones) is 2. The lowest BCUT2D eigenvalue weighted by Gasteiger charge is -2.42. The Bertz CT molecular complexity index is 1450. The summed E-state index contributed by atoms with van der Waals surface area (Å²) >= 11 is 0. The fraction of sp³-hybridized carbons (Fsp3) is 0.824. The summed E-state index contributed by atoms with van der Waals surface area (Å²) in [7, 11) is -1.73. The number of esters is 6. The van der Waals surface area contributed by atoms with Gasteiger partial charge >= 0.3 is 60.5 Å². The van der Waals surface area contributed by atoms with Crippen molar-refractivity contribution in [3.63, 3.8) is 0 Å². The molecule has 0 spiro atoms. The zero-order chi connectivity index (χ0) is 44.2. The molecule has 0 aromatic carbocycles. The molecule has 1 saturated heterocycles. The van der Waals surface area contributed by atoms with Crippen LogP contribution in [0.2, 0.25) is 24.7 Å². The minimum Gasteiger partial charge on any atom is -0.465 e. The van der Waals surface area contributed by atoms with Gasteiger partial charge in [-0.05, 0) is 31.7 Å². The Kier molecular flexibility index (Phi) is 16.2. The van der Waals surface area contributed by atoms with Crippen LogP contribution in [0.25, 0.3) is 0 Å². The predicted molar refractivity (Wildman–Crippen MR) is 175 cm³/mol. The van der Waals surface area contributed by atoms with Gasteiger partial charge in [-0.25, -0.2) is 8.78 Å². The van der Waals surface area contributed by atoms with Crippen LogP contribution in [0.3, 0.4) is 0 Å². The maximum Gasteiger partial charge on any atom is 0.434 e. The monoisotopic (exact) mass is 850 g/mol. The third-order valence-corrected chi connectivity index (χ3v) is 14.6. The first kappa shape index (κ1) is 50.6. The van der Waals surface area contributed by atoms with E-state index in [1.165, 1.54) is 6.92 Å². The molecule has 6 atom stereocenters. The van der Waals surface area contributed by atoms with Gasteiger partial charge in [0.15, 0.2) is 6.61 Å². The lowest BCUT2D eigenvalue weighted by atomic mass is 9.65. The zero-order valence-corrected chi connectivity index (χ0v) is 33.5. The van der Waals surface area contributed by atoms with Gasteiger partial charge in [-0.1, -0.05) is 47.3 Å². The molecule has 0 radical (unpaired) electrons. The van der Waals surface area contributed by atoms with Gasteiger partial charge in [0.25, 0.3) is 6.10 Å². The van der Waals surface area contributed by atoms with E-state index in [1.807, 2.05) is 13.8 Å². The van der Waals surface area contributed by atoms with Crippen LogP contribution in [0, 0.1) is 29.1 Å². The quantitative estimate of drug-likeness (QED) is 0.0316. The Morgan fingerprint density at radius 2 is 1.36 bits per heavy atom. The van der Waals surface area contributed by atoms with Gasteiger partial charge in [-0.15, -0.1) is 0 Å². The summed E-state index contributed by atoms with van der Waals surface area (Å²) in [4.78, 5) is 78.0. The van der Waals surface area contributed by atoms with Gasteiger partial charge in [-0.2, -0.15) is 35.1 Å². The average Bonchev–Trinajstić information content (AvgIpc) is 3.27. The summed E-state index contributed by atoms with van der Waals surface area (Å²) < 4.78 is 156. The molecule has 1 heterocycles. The topological polar surface area (TPSA) is 149 Å². The fourth-order valence-electron chi connectivity index (χ4n) is 6.18. The molecule has 324 valence electrons.